The molecule has 110 valence electrons. The molecule has 0 radical (unpaired) electrons. The van der Waals surface area contributed by atoms with E-state index in [1.807, 2.05) is 23.1 Å². The Bertz CT molecular complexity index is 718. The van der Waals surface area contributed by atoms with Crippen LogP contribution in [0, 0.1) is 6.92 Å². The molecule has 0 bridgehead atoms. The van der Waals surface area contributed by atoms with Crippen molar-refractivity contribution in [2.75, 3.05) is 5.88 Å². The molecule has 0 fully saturated rings. The lowest BCUT2D eigenvalue weighted by Gasteiger charge is -2.07. The number of hydrogen-bond donors (Lipinski definition) is 0. The molecule has 3 aromatic heterocycles. The fourth-order valence-electron chi connectivity index (χ4n) is 2.44. The monoisotopic (exact) mass is 304 g/mol. The molecule has 7 heteroatoms. The van der Waals surface area contributed by atoms with Gasteiger partial charge in [-0.25, -0.2) is 9.97 Å². The number of aromatic nitrogens is 6. The third kappa shape index (κ3) is 2.90. The van der Waals surface area contributed by atoms with Crippen molar-refractivity contribution in [1.29, 1.82) is 0 Å². The Morgan fingerprint density at radius 2 is 2.14 bits per heavy atom. The Hall–Kier alpha value is -1.95. The van der Waals surface area contributed by atoms with Crippen LogP contribution in [0.15, 0.2) is 24.7 Å². The van der Waals surface area contributed by atoms with Crippen LogP contribution in [0.3, 0.4) is 0 Å². The number of aryl methyl sites for hydroxylation is 4. The second kappa shape index (κ2) is 6.22. The second-order valence-electron chi connectivity index (χ2n) is 4.94. The molecule has 0 aliphatic heterocycles. The van der Waals surface area contributed by atoms with Gasteiger partial charge >= 0.3 is 0 Å². The van der Waals surface area contributed by atoms with E-state index in [2.05, 4.69) is 26.8 Å². The molecule has 0 aliphatic rings. The maximum Gasteiger partial charge on any atom is 0.160 e. The van der Waals surface area contributed by atoms with Crippen LogP contribution in [0.2, 0.25) is 0 Å². The Morgan fingerprint density at radius 3 is 2.90 bits per heavy atom. The number of pyridine rings is 1. The summed E-state index contributed by atoms with van der Waals surface area (Å²) in [4.78, 5) is 9.18. The average Bonchev–Trinajstić information content (AvgIpc) is 3.09. The highest BCUT2D eigenvalue weighted by atomic mass is 35.5. The lowest BCUT2D eigenvalue weighted by atomic mass is 10.3. The molecule has 0 saturated heterocycles. The number of imidazole rings is 1. The number of fused-ring (bicyclic) bond motifs is 1. The Kier molecular flexibility index (Phi) is 4.15. The van der Waals surface area contributed by atoms with Crippen molar-refractivity contribution in [3.05, 3.63) is 36.0 Å². The normalized spacial score (nSPS) is 11.3. The van der Waals surface area contributed by atoms with Gasteiger partial charge < -0.3 is 4.57 Å². The SMILES string of the molecule is Cc1ccnc2c1nc(CCCl)n2CCCn1ccnn1. The summed E-state index contributed by atoms with van der Waals surface area (Å²) in [5, 5.41) is 7.79. The van der Waals surface area contributed by atoms with Crippen LogP contribution < -0.4 is 0 Å². The molecule has 0 spiro atoms. The lowest BCUT2D eigenvalue weighted by molar-refractivity contribution is 0.511. The fraction of sp³-hybridized carbons (Fsp3) is 0.429. The molecule has 0 amide bonds. The second-order valence-corrected chi connectivity index (χ2v) is 5.32. The molecule has 0 N–H and O–H groups in total. The quantitative estimate of drug-likeness (QED) is 0.655. The minimum absolute atomic E-state index is 0.561. The van der Waals surface area contributed by atoms with Crippen LogP contribution in [0.4, 0.5) is 0 Å². The summed E-state index contributed by atoms with van der Waals surface area (Å²) in [5.41, 5.74) is 3.05. The predicted octanol–water partition coefficient (Wildman–Crippen LogP) is 2.20. The summed E-state index contributed by atoms with van der Waals surface area (Å²) in [7, 11) is 0. The summed E-state index contributed by atoms with van der Waals surface area (Å²) < 4.78 is 4.00. The van der Waals surface area contributed by atoms with Gasteiger partial charge in [0.2, 0.25) is 0 Å². The van der Waals surface area contributed by atoms with Crippen molar-refractivity contribution in [1.82, 2.24) is 29.5 Å². The topological polar surface area (TPSA) is 61.4 Å². The van der Waals surface area contributed by atoms with Gasteiger partial charge in [-0.3, -0.25) is 4.68 Å². The smallest absolute Gasteiger partial charge is 0.160 e. The molecule has 6 nitrogen and oxygen atoms in total. The van der Waals surface area contributed by atoms with Crippen molar-refractivity contribution >= 4 is 22.8 Å². The highest BCUT2D eigenvalue weighted by molar-refractivity contribution is 6.17. The lowest BCUT2D eigenvalue weighted by Crippen LogP contribution is -2.09. The van der Waals surface area contributed by atoms with Gasteiger partial charge in [0.1, 0.15) is 11.3 Å². The maximum atomic E-state index is 5.89. The van der Waals surface area contributed by atoms with Crippen LogP contribution in [0.25, 0.3) is 11.2 Å². The van der Waals surface area contributed by atoms with Crippen LogP contribution in [0.5, 0.6) is 0 Å². The third-order valence-corrected chi connectivity index (χ3v) is 3.66. The summed E-state index contributed by atoms with van der Waals surface area (Å²) in [6.45, 7) is 3.73. The van der Waals surface area contributed by atoms with E-state index in [0.717, 1.165) is 48.5 Å². The van der Waals surface area contributed by atoms with Crippen molar-refractivity contribution in [3.8, 4) is 0 Å². The number of nitrogens with zero attached hydrogens (tertiary/aromatic N) is 6. The van der Waals surface area contributed by atoms with Crippen molar-refractivity contribution in [2.24, 2.45) is 0 Å². The molecular formula is C14H17ClN6. The Balaban J connectivity index is 1.84. The first-order valence-corrected chi connectivity index (χ1v) is 7.54. The van der Waals surface area contributed by atoms with E-state index >= 15 is 0 Å². The maximum absolute atomic E-state index is 5.89. The van der Waals surface area contributed by atoms with E-state index in [9.17, 15) is 0 Å². The number of rotatable bonds is 6. The first-order chi connectivity index (χ1) is 10.3. The van der Waals surface area contributed by atoms with Gasteiger partial charge in [-0.15, -0.1) is 16.7 Å². The molecule has 3 aromatic rings. The molecule has 3 heterocycles. The highest BCUT2D eigenvalue weighted by Gasteiger charge is 2.12. The zero-order valence-corrected chi connectivity index (χ0v) is 12.7. The van der Waals surface area contributed by atoms with E-state index in [4.69, 9.17) is 16.6 Å². The number of alkyl halides is 1. The van der Waals surface area contributed by atoms with Crippen LogP contribution >= 0.6 is 11.6 Å². The first kappa shape index (κ1) is 14.0. The predicted molar refractivity (Wildman–Crippen MR) is 81.3 cm³/mol. The van der Waals surface area contributed by atoms with Crippen LogP contribution in [0.1, 0.15) is 17.8 Å². The van der Waals surface area contributed by atoms with Gasteiger partial charge in [-0.2, -0.15) is 0 Å². The van der Waals surface area contributed by atoms with Gasteiger partial charge in [0.05, 0.1) is 6.20 Å². The van der Waals surface area contributed by atoms with E-state index in [-0.39, 0.29) is 0 Å². The van der Waals surface area contributed by atoms with Crippen molar-refractivity contribution < 1.29 is 0 Å². The summed E-state index contributed by atoms with van der Waals surface area (Å²) in [6.07, 6.45) is 7.09. The molecule has 3 rings (SSSR count). The number of hydrogen-bond acceptors (Lipinski definition) is 4. The van der Waals surface area contributed by atoms with Gasteiger partial charge in [-0.05, 0) is 25.0 Å². The zero-order valence-electron chi connectivity index (χ0n) is 11.9. The molecule has 0 saturated carbocycles. The summed E-state index contributed by atoms with van der Waals surface area (Å²) in [6, 6.07) is 1.99. The van der Waals surface area contributed by atoms with Crippen LogP contribution in [-0.2, 0) is 19.5 Å². The van der Waals surface area contributed by atoms with E-state index in [1.54, 1.807) is 6.20 Å². The molecule has 0 unspecified atom stereocenters. The Labute approximate surface area is 127 Å². The van der Waals surface area contributed by atoms with Gasteiger partial charge in [0.15, 0.2) is 5.65 Å². The fourth-order valence-corrected chi connectivity index (χ4v) is 2.61. The molecular weight excluding hydrogens is 288 g/mol. The van der Waals surface area contributed by atoms with Gasteiger partial charge in [0.25, 0.3) is 0 Å². The van der Waals surface area contributed by atoms with E-state index < -0.39 is 0 Å². The standard InChI is InChI=1S/C14H17ClN6/c1-11-4-6-16-14-13(11)18-12(3-5-15)21(14)9-2-8-20-10-7-17-19-20/h4,6-7,10H,2-3,5,8-9H2,1H3. The number of halogens is 1. The minimum atomic E-state index is 0.561. The van der Waals surface area contributed by atoms with Gasteiger partial charge in [-0.1, -0.05) is 5.21 Å². The molecule has 0 aromatic carbocycles. The molecule has 21 heavy (non-hydrogen) atoms. The first-order valence-electron chi connectivity index (χ1n) is 7.00. The average molecular weight is 305 g/mol. The minimum Gasteiger partial charge on any atom is -0.313 e. The van der Waals surface area contributed by atoms with Crippen molar-refractivity contribution in [2.45, 2.75) is 32.9 Å². The third-order valence-electron chi connectivity index (χ3n) is 3.47. The van der Waals surface area contributed by atoms with Crippen molar-refractivity contribution in [3.63, 3.8) is 0 Å². The highest BCUT2D eigenvalue weighted by Crippen LogP contribution is 2.18. The Morgan fingerprint density at radius 1 is 1.24 bits per heavy atom. The zero-order chi connectivity index (χ0) is 14.7. The molecule has 0 atom stereocenters. The summed E-state index contributed by atoms with van der Waals surface area (Å²) in [5.74, 6) is 1.56. The van der Waals surface area contributed by atoms with Crippen LogP contribution in [-0.4, -0.2) is 35.4 Å². The molecule has 0 aliphatic carbocycles. The van der Waals surface area contributed by atoms with E-state index in [0.29, 0.717) is 5.88 Å². The van der Waals surface area contributed by atoms with E-state index in [1.165, 1.54) is 0 Å². The van der Waals surface area contributed by atoms with Gasteiger partial charge in [0, 0.05) is 37.8 Å². The summed E-state index contributed by atoms with van der Waals surface area (Å²) >= 11 is 5.89. The largest absolute Gasteiger partial charge is 0.313 e.